The van der Waals surface area contributed by atoms with Gasteiger partial charge in [-0.25, -0.2) is 5.06 Å². The van der Waals surface area contributed by atoms with E-state index in [0.717, 1.165) is 6.42 Å². The average Bonchev–Trinajstić information content (AvgIpc) is 2.63. The number of hydroxylamine groups is 2. The molecular formula is C11H20N2O4. The maximum Gasteiger partial charge on any atom is 0.303 e. The van der Waals surface area contributed by atoms with E-state index in [1.807, 2.05) is 19.0 Å². The molecule has 0 aliphatic carbocycles. The van der Waals surface area contributed by atoms with E-state index in [0.29, 0.717) is 26.0 Å². The van der Waals surface area contributed by atoms with Crippen molar-refractivity contribution < 1.29 is 19.5 Å². The predicted octanol–water partition coefficient (Wildman–Crippen LogP) is 0.335. The van der Waals surface area contributed by atoms with Gasteiger partial charge in [-0.2, -0.15) is 0 Å². The quantitative estimate of drug-likeness (QED) is 0.699. The Bertz CT molecular complexity index is 281. The van der Waals surface area contributed by atoms with E-state index >= 15 is 0 Å². The van der Waals surface area contributed by atoms with Crippen molar-refractivity contribution in [3.05, 3.63) is 0 Å². The van der Waals surface area contributed by atoms with Crippen molar-refractivity contribution in [3.63, 3.8) is 0 Å². The lowest BCUT2D eigenvalue weighted by Gasteiger charge is -2.25. The zero-order chi connectivity index (χ0) is 12.8. The van der Waals surface area contributed by atoms with Crippen LogP contribution in [0.2, 0.25) is 0 Å². The van der Waals surface area contributed by atoms with Gasteiger partial charge in [-0.3, -0.25) is 14.4 Å². The Morgan fingerprint density at radius 2 is 2.24 bits per heavy atom. The molecule has 6 heteroatoms. The van der Waals surface area contributed by atoms with E-state index in [1.165, 1.54) is 5.06 Å². The Morgan fingerprint density at radius 3 is 2.71 bits per heavy atom. The van der Waals surface area contributed by atoms with E-state index in [-0.39, 0.29) is 18.4 Å². The maximum absolute atomic E-state index is 11.3. The van der Waals surface area contributed by atoms with Gasteiger partial charge in [0.1, 0.15) is 0 Å². The summed E-state index contributed by atoms with van der Waals surface area (Å²) in [5.41, 5.74) is 0. The minimum atomic E-state index is -0.787. The lowest BCUT2D eigenvalue weighted by atomic mass is 10.1. The summed E-state index contributed by atoms with van der Waals surface area (Å²) in [4.78, 5) is 29.0. The number of carbonyl (C=O) groups is 2. The fourth-order valence-corrected chi connectivity index (χ4v) is 1.85. The van der Waals surface area contributed by atoms with Crippen molar-refractivity contribution >= 4 is 11.9 Å². The first-order valence-electron chi connectivity index (χ1n) is 5.82. The second-order valence-electron chi connectivity index (χ2n) is 4.42. The number of hydrogen-bond donors (Lipinski definition) is 1. The molecule has 0 saturated carbocycles. The van der Waals surface area contributed by atoms with E-state index in [4.69, 9.17) is 9.94 Å². The van der Waals surface area contributed by atoms with Crippen molar-refractivity contribution in [2.75, 3.05) is 27.2 Å². The molecule has 0 spiro atoms. The van der Waals surface area contributed by atoms with Gasteiger partial charge in [-0.15, -0.1) is 0 Å². The summed E-state index contributed by atoms with van der Waals surface area (Å²) >= 11 is 0. The number of nitrogens with zero attached hydrogens (tertiary/aromatic N) is 2. The molecule has 1 atom stereocenters. The van der Waals surface area contributed by atoms with Crippen LogP contribution in [0.1, 0.15) is 25.7 Å². The Labute approximate surface area is 101 Å². The second-order valence-corrected chi connectivity index (χ2v) is 4.42. The van der Waals surface area contributed by atoms with Crippen LogP contribution >= 0.6 is 0 Å². The van der Waals surface area contributed by atoms with Crippen LogP contribution in [0, 0.1) is 0 Å². The normalized spacial score (nSPS) is 17.8. The van der Waals surface area contributed by atoms with Crippen LogP contribution < -0.4 is 0 Å². The van der Waals surface area contributed by atoms with Crippen LogP contribution in [-0.2, 0) is 14.4 Å². The molecule has 1 unspecified atom stereocenters. The summed E-state index contributed by atoms with van der Waals surface area (Å²) in [5.74, 6) is -0.772. The van der Waals surface area contributed by atoms with Gasteiger partial charge in [0.15, 0.2) is 0 Å². The third kappa shape index (κ3) is 4.70. The molecule has 0 radical (unpaired) electrons. The molecule has 17 heavy (non-hydrogen) atoms. The number of carboxylic acids is 1. The van der Waals surface area contributed by atoms with Gasteiger partial charge in [-0.1, -0.05) is 0 Å². The third-order valence-electron chi connectivity index (χ3n) is 2.93. The van der Waals surface area contributed by atoms with Gasteiger partial charge >= 0.3 is 5.97 Å². The van der Waals surface area contributed by atoms with E-state index in [2.05, 4.69) is 0 Å². The standard InChI is InChI=1S/C11H20N2O4/c1-12(2)9(3-4-11(15)16)5-7-13-10(14)6-8-17-13/h9H,3-8H2,1-2H3,(H,15,16). The third-order valence-corrected chi connectivity index (χ3v) is 2.93. The fraction of sp³-hybridized carbons (Fsp3) is 0.818. The molecule has 1 rings (SSSR count). The van der Waals surface area contributed by atoms with Crippen molar-refractivity contribution in [1.82, 2.24) is 9.96 Å². The van der Waals surface area contributed by atoms with Gasteiger partial charge in [0.25, 0.3) is 0 Å². The highest BCUT2D eigenvalue weighted by Crippen LogP contribution is 2.12. The molecule has 0 aromatic rings. The first-order valence-corrected chi connectivity index (χ1v) is 5.82. The molecule has 1 aliphatic heterocycles. The molecule has 98 valence electrons. The largest absolute Gasteiger partial charge is 0.481 e. The molecule has 0 aromatic heterocycles. The number of aliphatic carboxylic acids is 1. The van der Waals surface area contributed by atoms with Crippen molar-refractivity contribution in [3.8, 4) is 0 Å². The van der Waals surface area contributed by atoms with Crippen LogP contribution in [0.4, 0.5) is 0 Å². The number of amides is 1. The first kappa shape index (κ1) is 13.9. The Morgan fingerprint density at radius 1 is 1.53 bits per heavy atom. The second kappa shape index (κ2) is 6.56. The van der Waals surface area contributed by atoms with Crippen LogP contribution in [0.5, 0.6) is 0 Å². The zero-order valence-corrected chi connectivity index (χ0v) is 10.4. The predicted molar refractivity (Wildman–Crippen MR) is 61.2 cm³/mol. The monoisotopic (exact) mass is 244 g/mol. The van der Waals surface area contributed by atoms with Crippen LogP contribution in [0.15, 0.2) is 0 Å². The smallest absolute Gasteiger partial charge is 0.303 e. The Kier molecular flexibility index (Phi) is 5.37. The van der Waals surface area contributed by atoms with Crippen LogP contribution in [0.3, 0.4) is 0 Å². The molecule has 6 nitrogen and oxygen atoms in total. The molecule has 1 fully saturated rings. The average molecular weight is 244 g/mol. The van der Waals surface area contributed by atoms with Gasteiger partial charge < -0.3 is 10.0 Å². The van der Waals surface area contributed by atoms with Gasteiger partial charge in [-0.05, 0) is 26.9 Å². The van der Waals surface area contributed by atoms with E-state index in [1.54, 1.807) is 0 Å². The molecule has 0 bridgehead atoms. The molecule has 1 saturated heterocycles. The summed E-state index contributed by atoms with van der Waals surface area (Å²) in [6.07, 6.45) is 1.91. The maximum atomic E-state index is 11.3. The summed E-state index contributed by atoms with van der Waals surface area (Å²) in [7, 11) is 3.83. The summed E-state index contributed by atoms with van der Waals surface area (Å²) < 4.78 is 0. The highest BCUT2D eigenvalue weighted by atomic mass is 16.7. The van der Waals surface area contributed by atoms with Crippen molar-refractivity contribution in [2.24, 2.45) is 0 Å². The Hall–Kier alpha value is -1.14. The molecular weight excluding hydrogens is 224 g/mol. The van der Waals surface area contributed by atoms with Crippen LogP contribution in [-0.4, -0.2) is 60.2 Å². The molecule has 1 heterocycles. The molecule has 0 aromatic carbocycles. The van der Waals surface area contributed by atoms with Crippen LogP contribution in [0.25, 0.3) is 0 Å². The number of hydrogen-bond acceptors (Lipinski definition) is 4. The molecule has 1 N–H and O–H groups in total. The lowest BCUT2D eigenvalue weighted by Crippen LogP contribution is -2.34. The van der Waals surface area contributed by atoms with E-state index < -0.39 is 5.97 Å². The molecule has 1 amide bonds. The SMILES string of the molecule is CN(C)C(CCC(=O)O)CCN1OCCC1=O. The van der Waals surface area contributed by atoms with Gasteiger partial charge in [0.05, 0.1) is 19.6 Å². The highest BCUT2D eigenvalue weighted by Gasteiger charge is 2.23. The summed E-state index contributed by atoms with van der Waals surface area (Å²) in [6, 6.07) is 0.156. The van der Waals surface area contributed by atoms with Gasteiger partial charge in [0.2, 0.25) is 5.91 Å². The van der Waals surface area contributed by atoms with Crippen molar-refractivity contribution in [2.45, 2.75) is 31.7 Å². The number of rotatable bonds is 7. The summed E-state index contributed by atoms with van der Waals surface area (Å²) in [5, 5.41) is 10.0. The van der Waals surface area contributed by atoms with E-state index in [9.17, 15) is 9.59 Å². The highest BCUT2D eigenvalue weighted by molar-refractivity contribution is 5.76. The minimum absolute atomic E-state index is 0.0146. The Balaban J connectivity index is 2.33. The van der Waals surface area contributed by atoms with Crippen molar-refractivity contribution in [1.29, 1.82) is 0 Å². The number of carboxylic acid groups (broad SMARTS) is 1. The lowest BCUT2D eigenvalue weighted by molar-refractivity contribution is -0.162. The fourth-order valence-electron chi connectivity index (χ4n) is 1.85. The number of carbonyl (C=O) groups excluding carboxylic acids is 1. The zero-order valence-electron chi connectivity index (χ0n) is 10.4. The topological polar surface area (TPSA) is 70.1 Å². The first-order chi connectivity index (χ1) is 8.00. The summed E-state index contributed by atoms with van der Waals surface area (Å²) in [6.45, 7) is 0.988. The van der Waals surface area contributed by atoms with Gasteiger partial charge in [0, 0.05) is 12.5 Å². The molecule has 1 aliphatic rings. The minimum Gasteiger partial charge on any atom is -0.481 e.